The van der Waals surface area contributed by atoms with E-state index in [2.05, 4.69) is 0 Å². The fourth-order valence-electron chi connectivity index (χ4n) is 2.62. The van der Waals surface area contributed by atoms with Crippen molar-refractivity contribution in [2.24, 2.45) is 0 Å². The van der Waals surface area contributed by atoms with Gasteiger partial charge in [0.25, 0.3) is 5.91 Å². The molecule has 0 spiro atoms. The molecule has 0 fully saturated rings. The van der Waals surface area contributed by atoms with Gasteiger partial charge in [0.05, 0.1) is 11.8 Å². The highest BCUT2D eigenvalue weighted by Gasteiger charge is 2.31. The van der Waals surface area contributed by atoms with Gasteiger partial charge < -0.3 is 4.90 Å². The summed E-state index contributed by atoms with van der Waals surface area (Å²) >= 11 is 5.88. The molecule has 0 aromatic heterocycles. The Bertz CT molecular complexity index is 887. The van der Waals surface area contributed by atoms with Crippen molar-refractivity contribution in [3.05, 3.63) is 76.2 Å². The second-order valence-corrected chi connectivity index (χ2v) is 8.11. The zero-order chi connectivity index (χ0) is 17.3. The summed E-state index contributed by atoms with van der Waals surface area (Å²) in [6.07, 6.45) is 1.56. The Labute approximate surface area is 146 Å². The van der Waals surface area contributed by atoms with Gasteiger partial charge in [-0.1, -0.05) is 29.3 Å². The first-order valence-electron chi connectivity index (χ1n) is 7.42. The maximum atomic E-state index is 13.0. The van der Waals surface area contributed by atoms with E-state index in [1.54, 1.807) is 30.3 Å². The van der Waals surface area contributed by atoms with Crippen molar-refractivity contribution in [3.8, 4) is 0 Å². The maximum Gasteiger partial charge on any atom is 0.258 e. The number of amides is 1. The lowest BCUT2D eigenvalue weighted by atomic mass is 10.1. The zero-order valence-electron chi connectivity index (χ0n) is 13.0. The summed E-state index contributed by atoms with van der Waals surface area (Å²) < 4.78 is 23.6. The molecule has 0 aliphatic carbocycles. The summed E-state index contributed by atoms with van der Waals surface area (Å²) in [6, 6.07) is 13.5. The molecule has 1 aliphatic heterocycles. The van der Waals surface area contributed by atoms with Gasteiger partial charge in [0, 0.05) is 21.7 Å². The Hall–Kier alpha value is -2.11. The number of aryl methyl sites for hydroxylation is 1. The maximum absolute atomic E-state index is 13.0. The third kappa shape index (κ3) is 3.52. The second-order valence-electron chi connectivity index (χ2n) is 5.74. The summed E-state index contributed by atoms with van der Waals surface area (Å²) in [4.78, 5) is 14.5. The lowest BCUT2D eigenvalue weighted by Gasteiger charge is -2.28. The molecule has 0 N–H and O–H groups in total. The number of carbonyl (C=O) groups excluding carboxylic acids is 1. The van der Waals surface area contributed by atoms with Crippen molar-refractivity contribution in [1.82, 2.24) is 0 Å². The van der Waals surface area contributed by atoms with Gasteiger partial charge in [0.15, 0.2) is 9.84 Å². The number of sulfone groups is 1. The topological polar surface area (TPSA) is 54.5 Å². The first-order valence-corrected chi connectivity index (χ1v) is 9.52. The molecule has 6 heteroatoms. The predicted molar refractivity (Wildman–Crippen MR) is 96.2 cm³/mol. The number of hydrogen-bond acceptors (Lipinski definition) is 3. The number of hydrogen-bond donors (Lipinski definition) is 0. The van der Waals surface area contributed by atoms with Gasteiger partial charge in [-0.2, -0.15) is 0 Å². The molecule has 24 heavy (non-hydrogen) atoms. The van der Waals surface area contributed by atoms with Crippen LogP contribution in [0.3, 0.4) is 0 Å². The minimum absolute atomic E-state index is 0.111. The summed E-state index contributed by atoms with van der Waals surface area (Å²) in [5.41, 5.74) is 2.18. The smallest absolute Gasteiger partial charge is 0.258 e. The van der Waals surface area contributed by atoms with Crippen LogP contribution in [-0.4, -0.2) is 26.1 Å². The van der Waals surface area contributed by atoms with Crippen LogP contribution in [0.4, 0.5) is 5.69 Å². The predicted octanol–water partition coefficient (Wildman–Crippen LogP) is 3.61. The lowest BCUT2D eigenvalue weighted by molar-refractivity contribution is 0.0983. The monoisotopic (exact) mass is 361 g/mol. The molecular weight excluding hydrogens is 346 g/mol. The highest BCUT2D eigenvalue weighted by atomic mass is 35.5. The molecular formula is C18H16ClNO3S. The molecule has 1 atom stereocenters. The van der Waals surface area contributed by atoms with Gasteiger partial charge in [-0.3, -0.25) is 4.79 Å². The number of nitrogens with zero attached hydrogens (tertiary/aromatic N) is 1. The molecule has 1 aliphatic rings. The van der Waals surface area contributed by atoms with Crippen LogP contribution in [0, 0.1) is 6.92 Å². The normalized spacial score (nSPS) is 18.5. The van der Waals surface area contributed by atoms with Crippen LogP contribution in [0.5, 0.6) is 0 Å². The van der Waals surface area contributed by atoms with Gasteiger partial charge in [-0.15, -0.1) is 0 Å². The Kier molecular flexibility index (Phi) is 4.47. The SMILES string of the molecule is Cc1ccc(N(C(=O)c2ccc(Cl)cc2)C2C=CS(=O)(=O)C2)cc1. The van der Waals surface area contributed by atoms with Gasteiger partial charge in [0.2, 0.25) is 0 Å². The van der Waals surface area contributed by atoms with E-state index in [0.717, 1.165) is 5.56 Å². The Balaban J connectivity index is 2.01. The van der Waals surface area contributed by atoms with E-state index in [9.17, 15) is 13.2 Å². The summed E-state index contributed by atoms with van der Waals surface area (Å²) in [7, 11) is -3.27. The minimum Gasteiger partial charge on any atom is -0.300 e. The van der Waals surface area contributed by atoms with Crippen molar-refractivity contribution in [3.63, 3.8) is 0 Å². The van der Waals surface area contributed by atoms with E-state index in [1.165, 1.54) is 10.3 Å². The fourth-order valence-corrected chi connectivity index (χ4v) is 4.01. The van der Waals surface area contributed by atoms with Crippen molar-refractivity contribution >= 4 is 33.0 Å². The molecule has 1 unspecified atom stereocenters. The summed E-state index contributed by atoms with van der Waals surface area (Å²) in [5.74, 6) is -0.373. The molecule has 4 nitrogen and oxygen atoms in total. The molecule has 0 radical (unpaired) electrons. The number of benzene rings is 2. The molecule has 3 rings (SSSR count). The fraction of sp³-hybridized carbons (Fsp3) is 0.167. The highest BCUT2D eigenvalue weighted by molar-refractivity contribution is 7.94. The molecule has 2 aromatic rings. The van der Waals surface area contributed by atoms with Gasteiger partial charge in [0.1, 0.15) is 0 Å². The van der Waals surface area contributed by atoms with Crippen LogP contribution >= 0.6 is 11.6 Å². The van der Waals surface area contributed by atoms with Crippen LogP contribution < -0.4 is 4.90 Å². The second kappa shape index (κ2) is 6.42. The average molecular weight is 362 g/mol. The molecule has 1 amide bonds. The molecule has 0 saturated carbocycles. The molecule has 124 valence electrons. The van der Waals surface area contributed by atoms with Gasteiger partial charge >= 0.3 is 0 Å². The molecule has 0 bridgehead atoms. The first-order chi connectivity index (χ1) is 11.4. The average Bonchev–Trinajstić information content (AvgIpc) is 2.90. The number of halogens is 1. The quantitative estimate of drug-likeness (QED) is 0.839. The summed E-state index contributed by atoms with van der Waals surface area (Å²) in [5, 5.41) is 1.71. The van der Waals surface area contributed by atoms with E-state index in [4.69, 9.17) is 11.6 Å². The van der Waals surface area contributed by atoms with Crippen LogP contribution in [0.2, 0.25) is 5.02 Å². The van der Waals surface area contributed by atoms with E-state index in [0.29, 0.717) is 16.3 Å². The molecule has 1 heterocycles. The standard InChI is InChI=1S/C18H16ClNO3S/c1-13-2-8-16(9-3-13)20(17-10-11-24(22,23)12-17)18(21)14-4-6-15(19)7-5-14/h2-11,17H,12H2,1H3. The van der Waals surface area contributed by atoms with E-state index < -0.39 is 15.9 Å². The van der Waals surface area contributed by atoms with Gasteiger partial charge in [-0.25, -0.2) is 8.42 Å². The highest BCUT2D eigenvalue weighted by Crippen LogP contribution is 2.25. The van der Waals surface area contributed by atoms with Crippen molar-refractivity contribution in [2.45, 2.75) is 13.0 Å². The third-order valence-electron chi connectivity index (χ3n) is 3.86. The summed E-state index contributed by atoms with van der Waals surface area (Å²) in [6.45, 7) is 1.95. The number of rotatable bonds is 3. The van der Waals surface area contributed by atoms with Crippen LogP contribution in [-0.2, 0) is 9.84 Å². The van der Waals surface area contributed by atoms with Gasteiger partial charge in [-0.05, 0) is 49.4 Å². The van der Waals surface area contributed by atoms with E-state index >= 15 is 0 Å². The number of carbonyl (C=O) groups is 1. The first kappa shape index (κ1) is 16.7. The Morgan fingerprint density at radius 3 is 2.25 bits per heavy atom. The Morgan fingerprint density at radius 2 is 1.71 bits per heavy atom. The number of anilines is 1. The van der Waals surface area contributed by atoms with Crippen LogP contribution in [0.1, 0.15) is 15.9 Å². The minimum atomic E-state index is -3.27. The lowest BCUT2D eigenvalue weighted by Crippen LogP contribution is -2.41. The van der Waals surface area contributed by atoms with Crippen molar-refractivity contribution in [2.75, 3.05) is 10.7 Å². The van der Waals surface area contributed by atoms with E-state index in [-0.39, 0.29) is 11.7 Å². The zero-order valence-corrected chi connectivity index (χ0v) is 14.6. The third-order valence-corrected chi connectivity index (χ3v) is 5.49. The Morgan fingerprint density at radius 1 is 1.08 bits per heavy atom. The van der Waals surface area contributed by atoms with Crippen molar-refractivity contribution in [1.29, 1.82) is 0 Å². The molecule has 0 saturated heterocycles. The van der Waals surface area contributed by atoms with Crippen LogP contribution in [0.25, 0.3) is 0 Å². The van der Waals surface area contributed by atoms with E-state index in [1.807, 2.05) is 31.2 Å². The van der Waals surface area contributed by atoms with Crippen LogP contribution in [0.15, 0.2) is 60.0 Å². The van der Waals surface area contributed by atoms with Crippen molar-refractivity contribution < 1.29 is 13.2 Å². The molecule has 2 aromatic carbocycles. The largest absolute Gasteiger partial charge is 0.300 e.